The Morgan fingerprint density at radius 3 is 2.85 bits per heavy atom. The molecular formula is C20H29N3O3. The van der Waals surface area contributed by atoms with Crippen LogP contribution in [0.4, 0.5) is 0 Å². The van der Waals surface area contributed by atoms with Gasteiger partial charge in [-0.15, -0.1) is 0 Å². The van der Waals surface area contributed by atoms with Gasteiger partial charge in [0, 0.05) is 26.2 Å². The van der Waals surface area contributed by atoms with Gasteiger partial charge in [0.2, 0.25) is 11.8 Å². The van der Waals surface area contributed by atoms with E-state index in [-0.39, 0.29) is 24.5 Å². The summed E-state index contributed by atoms with van der Waals surface area (Å²) in [5.74, 6) is -0.00592. The van der Waals surface area contributed by atoms with Gasteiger partial charge < -0.3 is 15.4 Å². The van der Waals surface area contributed by atoms with Crippen LogP contribution in [-0.2, 0) is 20.7 Å². The van der Waals surface area contributed by atoms with Crippen molar-refractivity contribution in [1.29, 1.82) is 0 Å². The van der Waals surface area contributed by atoms with Crippen molar-refractivity contribution in [1.82, 2.24) is 15.5 Å². The molecule has 3 rings (SSSR count). The second kappa shape index (κ2) is 8.64. The molecule has 2 fully saturated rings. The third-order valence-electron chi connectivity index (χ3n) is 5.50. The maximum absolute atomic E-state index is 13.1. The second-order valence-corrected chi connectivity index (χ2v) is 7.33. The first-order valence-electron chi connectivity index (χ1n) is 9.49. The Balaban J connectivity index is 1.59. The number of amides is 2. The minimum absolute atomic E-state index is 0.00984. The van der Waals surface area contributed by atoms with E-state index in [1.54, 1.807) is 0 Å². The number of ether oxygens (including phenoxy) is 1. The van der Waals surface area contributed by atoms with E-state index in [1.165, 1.54) is 12.7 Å². The number of rotatable bonds is 7. The van der Waals surface area contributed by atoms with Gasteiger partial charge in [-0.3, -0.25) is 14.5 Å². The quantitative estimate of drug-likeness (QED) is 0.765. The molecule has 0 aliphatic carbocycles. The van der Waals surface area contributed by atoms with E-state index in [4.69, 9.17) is 4.74 Å². The van der Waals surface area contributed by atoms with Crippen molar-refractivity contribution in [2.45, 2.75) is 43.7 Å². The molecule has 2 heterocycles. The summed E-state index contributed by atoms with van der Waals surface area (Å²) in [4.78, 5) is 27.2. The number of carbonyl (C=O) groups excluding carboxylic acids is 2. The highest BCUT2D eigenvalue weighted by Crippen LogP contribution is 2.38. The van der Waals surface area contributed by atoms with Crippen LogP contribution < -0.4 is 10.6 Å². The molecule has 0 saturated carbocycles. The topological polar surface area (TPSA) is 70.7 Å². The first kappa shape index (κ1) is 18.9. The SMILES string of the molecule is COCC(=O)N[C@@H]1CN2CCCC[C@]2(C(=O)NCCc2ccccc2)C1. The van der Waals surface area contributed by atoms with Crippen molar-refractivity contribution in [2.24, 2.45) is 0 Å². The number of nitrogens with zero attached hydrogens (tertiary/aromatic N) is 1. The van der Waals surface area contributed by atoms with E-state index < -0.39 is 5.54 Å². The summed E-state index contributed by atoms with van der Waals surface area (Å²) in [6.45, 7) is 2.36. The number of hydrogen-bond acceptors (Lipinski definition) is 4. The summed E-state index contributed by atoms with van der Waals surface area (Å²) in [5, 5.41) is 6.16. The molecule has 2 saturated heterocycles. The van der Waals surface area contributed by atoms with Crippen LogP contribution in [0.2, 0.25) is 0 Å². The summed E-state index contributed by atoms with van der Waals surface area (Å²) < 4.78 is 4.90. The maximum Gasteiger partial charge on any atom is 0.246 e. The Morgan fingerprint density at radius 1 is 1.27 bits per heavy atom. The molecule has 6 nitrogen and oxygen atoms in total. The van der Waals surface area contributed by atoms with E-state index in [0.717, 1.165) is 38.8 Å². The monoisotopic (exact) mass is 359 g/mol. The van der Waals surface area contributed by atoms with Gasteiger partial charge in [-0.2, -0.15) is 0 Å². The molecule has 2 aliphatic heterocycles. The van der Waals surface area contributed by atoms with Gasteiger partial charge in [-0.1, -0.05) is 30.3 Å². The van der Waals surface area contributed by atoms with Gasteiger partial charge in [0.05, 0.1) is 0 Å². The summed E-state index contributed by atoms with van der Waals surface area (Å²) >= 11 is 0. The maximum atomic E-state index is 13.1. The van der Waals surface area contributed by atoms with Gasteiger partial charge >= 0.3 is 0 Å². The molecule has 0 radical (unpaired) electrons. The zero-order valence-electron chi connectivity index (χ0n) is 15.5. The average molecular weight is 359 g/mol. The number of carbonyl (C=O) groups is 2. The Hall–Kier alpha value is -1.92. The number of fused-ring (bicyclic) bond motifs is 1. The lowest BCUT2D eigenvalue weighted by Crippen LogP contribution is -2.57. The Kier molecular flexibility index (Phi) is 6.27. The number of hydrogen-bond donors (Lipinski definition) is 2. The first-order chi connectivity index (χ1) is 12.6. The van der Waals surface area contributed by atoms with Crippen LogP contribution in [0.25, 0.3) is 0 Å². The molecule has 0 aromatic heterocycles. The molecule has 2 aliphatic rings. The van der Waals surface area contributed by atoms with E-state index in [1.807, 2.05) is 18.2 Å². The number of nitrogens with one attached hydrogen (secondary N) is 2. The zero-order valence-corrected chi connectivity index (χ0v) is 15.5. The fraction of sp³-hybridized carbons (Fsp3) is 0.600. The highest BCUT2D eigenvalue weighted by atomic mass is 16.5. The molecule has 0 spiro atoms. The van der Waals surface area contributed by atoms with Crippen molar-refractivity contribution in [3.63, 3.8) is 0 Å². The third-order valence-corrected chi connectivity index (χ3v) is 5.50. The normalized spacial score (nSPS) is 25.5. The van der Waals surface area contributed by atoms with E-state index in [0.29, 0.717) is 13.0 Å². The number of piperidine rings is 1. The molecule has 0 unspecified atom stereocenters. The highest BCUT2D eigenvalue weighted by molar-refractivity contribution is 5.87. The Morgan fingerprint density at radius 2 is 2.08 bits per heavy atom. The summed E-state index contributed by atoms with van der Waals surface area (Å²) in [6, 6.07) is 10.2. The number of benzene rings is 1. The largest absolute Gasteiger partial charge is 0.375 e. The van der Waals surface area contributed by atoms with Crippen molar-refractivity contribution < 1.29 is 14.3 Å². The molecule has 2 atom stereocenters. The smallest absolute Gasteiger partial charge is 0.246 e. The van der Waals surface area contributed by atoms with Crippen LogP contribution in [0.5, 0.6) is 0 Å². The van der Waals surface area contributed by atoms with Gasteiger partial charge in [0.1, 0.15) is 12.1 Å². The molecule has 6 heteroatoms. The van der Waals surface area contributed by atoms with Gasteiger partial charge in [-0.25, -0.2) is 0 Å². The molecule has 0 bridgehead atoms. The minimum Gasteiger partial charge on any atom is -0.375 e. The minimum atomic E-state index is -0.472. The van der Waals surface area contributed by atoms with E-state index >= 15 is 0 Å². The van der Waals surface area contributed by atoms with Crippen LogP contribution >= 0.6 is 0 Å². The molecule has 26 heavy (non-hydrogen) atoms. The molecule has 2 amide bonds. The van der Waals surface area contributed by atoms with Crippen LogP contribution in [0, 0.1) is 0 Å². The molecule has 142 valence electrons. The van der Waals surface area contributed by atoms with Crippen LogP contribution in [0.3, 0.4) is 0 Å². The lowest BCUT2D eigenvalue weighted by atomic mass is 9.84. The molecular weight excluding hydrogens is 330 g/mol. The Bertz CT molecular complexity index is 622. The molecule has 1 aromatic rings. The lowest BCUT2D eigenvalue weighted by Gasteiger charge is -2.40. The zero-order chi connectivity index (χ0) is 18.4. The summed E-state index contributed by atoms with van der Waals surface area (Å²) in [6.07, 6.45) is 4.54. The van der Waals surface area contributed by atoms with Crippen molar-refractivity contribution in [2.75, 3.05) is 33.4 Å². The predicted molar refractivity (Wildman–Crippen MR) is 99.7 cm³/mol. The van der Waals surface area contributed by atoms with Crippen molar-refractivity contribution >= 4 is 11.8 Å². The lowest BCUT2D eigenvalue weighted by molar-refractivity contribution is -0.134. The first-order valence-corrected chi connectivity index (χ1v) is 9.49. The predicted octanol–water partition coefficient (Wildman–Crippen LogP) is 1.10. The standard InChI is InChI=1S/C20H29N3O3/c1-26-15-18(24)22-17-13-20(10-5-6-12-23(20)14-17)19(25)21-11-9-16-7-3-2-4-8-16/h2-4,7-8,17H,5-6,9-15H2,1H3,(H,21,25)(H,22,24)/t17-,20+/m0/s1. The summed E-state index contributed by atoms with van der Waals surface area (Å²) in [7, 11) is 1.51. The highest BCUT2D eigenvalue weighted by Gasteiger charge is 2.51. The third kappa shape index (κ3) is 4.24. The van der Waals surface area contributed by atoms with Crippen molar-refractivity contribution in [3.8, 4) is 0 Å². The van der Waals surface area contributed by atoms with E-state index in [9.17, 15) is 9.59 Å². The number of methoxy groups -OCH3 is 1. The fourth-order valence-corrected chi connectivity index (χ4v) is 4.30. The summed E-state index contributed by atoms with van der Waals surface area (Å²) in [5.41, 5.74) is 0.752. The average Bonchev–Trinajstić information content (AvgIpc) is 3.01. The van der Waals surface area contributed by atoms with Gasteiger partial charge in [-0.05, 0) is 44.2 Å². The Labute approximate surface area is 155 Å². The van der Waals surface area contributed by atoms with Gasteiger partial charge in [0.25, 0.3) is 0 Å². The van der Waals surface area contributed by atoms with Crippen molar-refractivity contribution in [3.05, 3.63) is 35.9 Å². The van der Waals surface area contributed by atoms with E-state index in [2.05, 4.69) is 27.7 Å². The molecule has 2 N–H and O–H groups in total. The fourth-order valence-electron chi connectivity index (χ4n) is 4.30. The second-order valence-electron chi connectivity index (χ2n) is 7.33. The van der Waals surface area contributed by atoms with Crippen LogP contribution in [0.15, 0.2) is 30.3 Å². The van der Waals surface area contributed by atoms with Gasteiger partial charge in [0.15, 0.2) is 0 Å². The molecule has 1 aromatic carbocycles. The van der Waals surface area contributed by atoms with Crippen LogP contribution in [-0.4, -0.2) is 61.6 Å². The van der Waals surface area contributed by atoms with Crippen LogP contribution in [0.1, 0.15) is 31.2 Å².